The molecule has 0 aromatic heterocycles. The average molecular weight is 366 g/mol. The first-order chi connectivity index (χ1) is 7.60. The van der Waals surface area contributed by atoms with Crippen LogP contribution in [0.25, 0.3) is 0 Å². The molecule has 0 heterocycles. The highest BCUT2D eigenvalue weighted by Gasteiger charge is 2.28. The van der Waals surface area contributed by atoms with Crippen LogP contribution in [0.3, 0.4) is 0 Å². The van der Waals surface area contributed by atoms with Crippen molar-refractivity contribution >= 4 is 45.4 Å². The monoisotopic (exact) mass is 364 g/mol. The first-order valence-electron chi connectivity index (χ1n) is 5.45. The molecule has 1 nitrogen and oxygen atoms in total. The van der Waals surface area contributed by atoms with Crippen molar-refractivity contribution in [2.45, 2.75) is 25.6 Å². The Hall–Kier alpha value is 0.357. The van der Waals surface area contributed by atoms with E-state index in [4.69, 9.17) is 4.43 Å². The summed E-state index contributed by atoms with van der Waals surface area (Å²) in [7, 11) is -1.75. The zero-order valence-electron chi connectivity index (χ0n) is 9.75. The Kier molecular flexibility index (Phi) is 6.25. The fourth-order valence-corrected chi connectivity index (χ4v) is 4.99. The highest BCUT2D eigenvalue weighted by atomic mass is 79.9. The van der Waals surface area contributed by atoms with Crippen molar-refractivity contribution in [2.75, 3.05) is 10.7 Å². The van der Waals surface area contributed by atoms with Crippen LogP contribution in [0.4, 0.5) is 0 Å². The van der Waals surface area contributed by atoms with Gasteiger partial charge in [0.2, 0.25) is 8.32 Å². The number of hydrogen-bond donors (Lipinski definition) is 0. The number of hydrogen-bond acceptors (Lipinski definition) is 1. The first-order valence-corrected chi connectivity index (χ1v) is 10.6. The van der Waals surface area contributed by atoms with Gasteiger partial charge in [-0.2, -0.15) is 0 Å². The van der Waals surface area contributed by atoms with Gasteiger partial charge >= 0.3 is 0 Å². The third kappa shape index (κ3) is 4.32. The summed E-state index contributed by atoms with van der Waals surface area (Å²) in [4.78, 5) is 0. The second-order valence-electron chi connectivity index (χ2n) is 4.25. The summed E-state index contributed by atoms with van der Waals surface area (Å²) in [6.45, 7) is 4.51. The number of halogens is 2. The van der Waals surface area contributed by atoms with E-state index in [-0.39, 0.29) is 0 Å². The van der Waals surface area contributed by atoms with Crippen LogP contribution in [-0.2, 0) is 4.43 Å². The summed E-state index contributed by atoms with van der Waals surface area (Å²) in [6, 6.07) is 10.6. The lowest BCUT2D eigenvalue weighted by molar-refractivity contribution is 0.221. The largest absolute Gasteiger partial charge is 0.409 e. The maximum atomic E-state index is 6.28. The normalized spacial score (nSPS) is 13.8. The van der Waals surface area contributed by atoms with Gasteiger partial charge in [-0.1, -0.05) is 62.2 Å². The third-order valence-electron chi connectivity index (χ3n) is 2.53. The molecule has 90 valence electrons. The molecule has 0 radical (unpaired) electrons. The molecule has 0 aliphatic rings. The van der Waals surface area contributed by atoms with E-state index in [1.54, 1.807) is 0 Å². The zero-order valence-corrected chi connectivity index (χ0v) is 13.9. The molecule has 0 spiro atoms. The van der Waals surface area contributed by atoms with E-state index in [9.17, 15) is 0 Å². The Morgan fingerprint density at radius 3 is 2.31 bits per heavy atom. The molecule has 0 saturated carbocycles. The van der Waals surface area contributed by atoms with E-state index >= 15 is 0 Å². The number of rotatable bonds is 6. The molecule has 0 bridgehead atoms. The van der Waals surface area contributed by atoms with Crippen LogP contribution in [0.15, 0.2) is 30.3 Å². The van der Waals surface area contributed by atoms with Gasteiger partial charge in [-0.15, -0.1) is 0 Å². The molecule has 0 aliphatic carbocycles. The Morgan fingerprint density at radius 1 is 1.19 bits per heavy atom. The molecular weight excluding hydrogens is 348 g/mol. The van der Waals surface area contributed by atoms with E-state index in [1.165, 1.54) is 5.19 Å². The molecule has 1 unspecified atom stereocenters. The van der Waals surface area contributed by atoms with E-state index in [1.807, 2.05) is 0 Å². The van der Waals surface area contributed by atoms with Crippen molar-refractivity contribution < 1.29 is 4.43 Å². The van der Waals surface area contributed by atoms with Crippen molar-refractivity contribution in [1.29, 1.82) is 0 Å². The second kappa shape index (κ2) is 6.94. The molecule has 4 heteroatoms. The van der Waals surface area contributed by atoms with Gasteiger partial charge < -0.3 is 4.43 Å². The highest BCUT2D eigenvalue weighted by molar-refractivity contribution is 9.09. The van der Waals surface area contributed by atoms with Crippen LogP contribution >= 0.6 is 31.9 Å². The van der Waals surface area contributed by atoms with Gasteiger partial charge in [0.25, 0.3) is 0 Å². The van der Waals surface area contributed by atoms with Gasteiger partial charge in [0.05, 0.1) is 6.10 Å². The Labute approximate surface area is 116 Å². The molecule has 0 saturated heterocycles. The minimum atomic E-state index is -1.75. The smallest absolute Gasteiger partial charge is 0.218 e. The second-order valence-corrected chi connectivity index (χ2v) is 9.52. The van der Waals surface area contributed by atoms with Gasteiger partial charge in [-0.05, 0) is 24.7 Å². The quantitative estimate of drug-likeness (QED) is 0.552. The van der Waals surface area contributed by atoms with Gasteiger partial charge in [-0.25, -0.2) is 0 Å². The van der Waals surface area contributed by atoms with Gasteiger partial charge in [0, 0.05) is 10.7 Å². The summed E-state index contributed by atoms with van der Waals surface area (Å²) in [5, 5.41) is 3.25. The maximum Gasteiger partial charge on any atom is 0.218 e. The summed E-state index contributed by atoms with van der Waals surface area (Å²) in [6.07, 6.45) is 1.36. The molecule has 16 heavy (non-hydrogen) atoms. The molecule has 0 amide bonds. The van der Waals surface area contributed by atoms with Crippen molar-refractivity contribution in [3.63, 3.8) is 0 Å². The minimum absolute atomic E-state index is 0.307. The van der Waals surface area contributed by atoms with Crippen molar-refractivity contribution in [2.24, 2.45) is 0 Å². The van der Waals surface area contributed by atoms with Crippen LogP contribution in [0.1, 0.15) is 6.42 Å². The predicted octanol–water partition coefficient (Wildman–Crippen LogP) is 3.66. The summed E-state index contributed by atoms with van der Waals surface area (Å²) in [5.74, 6) is 0. The molecule has 0 aliphatic heterocycles. The summed E-state index contributed by atoms with van der Waals surface area (Å²) < 4.78 is 6.28. The summed E-state index contributed by atoms with van der Waals surface area (Å²) in [5.41, 5.74) is 0. The lowest BCUT2D eigenvalue weighted by Crippen LogP contribution is -2.47. The molecule has 1 rings (SSSR count). The molecule has 1 aromatic carbocycles. The van der Waals surface area contributed by atoms with Crippen molar-refractivity contribution in [3.8, 4) is 0 Å². The molecule has 1 aromatic rings. The number of alkyl halides is 2. The van der Waals surface area contributed by atoms with Gasteiger partial charge in [0.1, 0.15) is 0 Å². The van der Waals surface area contributed by atoms with Crippen molar-refractivity contribution in [1.82, 2.24) is 0 Å². The van der Waals surface area contributed by atoms with Gasteiger partial charge in [0.15, 0.2) is 0 Å². The molecular formula is C12H18Br2OSi. The third-order valence-corrected chi connectivity index (χ3v) is 6.36. The molecule has 0 N–H and O–H groups in total. The Balaban J connectivity index is 2.70. The average Bonchev–Trinajstić information content (AvgIpc) is 2.29. The molecule has 1 atom stereocenters. The fourth-order valence-electron chi connectivity index (χ4n) is 1.61. The Bertz CT molecular complexity index is 303. The Morgan fingerprint density at radius 2 is 1.81 bits per heavy atom. The maximum absolute atomic E-state index is 6.28. The minimum Gasteiger partial charge on any atom is -0.409 e. The van der Waals surface area contributed by atoms with Crippen molar-refractivity contribution in [3.05, 3.63) is 30.3 Å². The van der Waals surface area contributed by atoms with Crippen LogP contribution in [0.2, 0.25) is 13.1 Å². The van der Waals surface area contributed by atoms with E-state index in [0.717, 1.165) is 17.1 Å². The predicted molar refractivity (Wildman–Crippen MR) is 80.6 cm³/mol. The number of benzene rings is 1. The van der Waals surface area contributed by atoms with Crippen LogP contribution in [0.5, 0.6) is 0 Å². The van der Waals surface area contributed by atoms with E-state index in [2.05, 4.69) is 75.3 Å². The topological polar surface area (TPSA) is 9.23 Å². The standard InChI is InChI=1S/C12H18Br2OSi/c1-16(2,12-6-4-3-5-7-12)15-11(10-14)8-9-13/h3-7,11H,8-10H2,1-2H3. The van der Waals surface area contributed by atoms with Crippen LogP contribution < -0.4 is 5.19 Å². The lowest BCUT2D eigenvalue weighted by atomic mass is 10.3. The van der Waals surface area contributed by atoms with Crippen LogP contribution in [0, 0.1) is 0 Å². The highest BCUT2D eigenvalue weighted by Crippen LogP contribution is 2.14. The first kappa shape index (κ1) is 14.4. The fraction of sp³-hybridized carbons (Fsp3) is 0.500. The summed E-state index contributed by atoms with van der Waals surface area (Å²) >= 11 is 6.99. The molecule has 0 fully saturated rings. The SMILES string of the molecule is C[Si](C)(OC(CBr)CCBr)c1ccccc1. The lowest BCUT2D eigenvalue weighted by Gasteiger charge is -2.28. The zero-order chi connectivity index (χ0) is 12.0. The van der Waals surface area contributed by atoms with E-state index < -0.39 is 8.32 Å². The van der Waals surface area contributed by atoms with E-state index in [0.29, 0.717) is 6.10 Å². The van der Waals surface area contributed by atoms with Crippen LogP contribution in [-0.4, -0.2) is 25.1 Å². The van der Waals surface area contributed by atoms with Gasteiger partial charge in [-0.3, -0.25) is 0 Å².